The predicted molar refractivity (Wildman–Crippen MR) is 103 cm³/mol. The molecule has 1 aromatic carbocycles. The number of benzene rings is 1. The largest absolute Gasteiger partial charge is 0.451 e. The van der Waals surface area contributed by atoms with Crippen molar-refractivity contribution in [2.45, 2.75) is 50.7 Å². The van der Waals surface area contributed by atoms with Crippen LogP contribution < -0.4 is 5.32 Å². The molecule has 2 aliphatic rings. The minimum absolute atomic E-state index is 0.144. The van der Waals surface area contributed by atoms with Crippen LogP contribution in [0.15, 0.2) is 33.6 Å². The van der Waals surface area contributed by atoms with Crippen LogP contribution in [0.5, 0.6) is 0 Å². The number of hydrogen-bond donors (Lipinski definition) is 1. The zero-order valence-corrected chi connectivity index (χ0v) is 17.0. The normalized spacial score (nSPS) is 21.2. The lowest BCUT2D eigenvalue weighted by molar-refractivity contribution is -0.158. The Morgan fingerprint density at radius 2 is 2.00 bits per heavy atom. The van der Waals surface area contributed by atoms with Crippen molar-refractivity contribution in [2.24, 2.45) is 10.3 Å². The van der Waals surface area contributed by atoms with Gasteiger partial charge in [0, 0.05) is 18.7 Å². The second-order valence-corrected chi connectivity index (χ2v) is 9.03. The van der Waals surface area contributed by atoms with Gasteiger partial charge in [-0.2, -0.15) is 8.42 Å². The molecule has 8 nitrogen and oxygen atoms in total. The molecule has 9 heteroatoms. The third-order valence-corrected chi connectivity index (χ3v) is 6.08. The number of esters is 1. The summed E-state index contributed by atoms with van der Waals surface area (Å²) in [6.45, 7) is 6.47. The molecule has 1 amide bonds. The molecule has 1 N–H and O–H groups in total. The number of likely N-dealkylation sites (tertiary alicyclic amines) is 1. The second-order valence-electron chi connectivity index (χ2n) is 7.46. The van der Waals surface area contributed by atoms with Crippen LogP contribution in [0.25, 0.3) is 0 Å². The smallest absolute Gasteiger partial charge is 0.329 e. The molecule has 152 valence electrons. The molecule has 1 saturated heterocycles. The van der Waals surface area contributed by atoms with Crippen LogP contribution in [0.4, 0.5) is 0 Å². The average Bonchev–Trinajstić information content (AvgIpc) is 3.22. The van der Waals surface area contributed by atoms with Gasteiger partial charge >= 0.3 is 5.97 Å². The Labute approximate surface area is 165 Å². The number of ether oxygens (including phenoxy) is 1. The van der Waals surface area contributed by atoms with Crippen molar-refractivity contribution in [3.63, 3.8) is 0 Å². The summed E-state index contributed by atoms with van der Waals surface area (Å²) in [5, 5.41) is 2.74. The summed E-state index contributed by atoms with van der Waals surface area (Å²) in [7, 11) is -3.76. The number of nitrogens with zero attached hydrogens (tertiary/aromatic N) is 2. The van der Waals surface area contributed by atoms with Gasteiger partial charge in [0.2, 0.25) is 0 Å². The number of sulfonamides is 1. The Bertz CT molecular complexity index is 910. The van der Waals surface area contributed by atoms with Crippen molar-refractivity contribution in [1.82, 2.24) is 10.2 Å². The first-order valence-corrected chi connectivity index (χ1v) is 10.8. The molecule has 28 heavy (non-hydrogen) atoms. The van der Waals surface area contributed by atoms with Crippen LogP contribution in [-0.2, 0) is 24.3 Å². The summed E-state index contributed by atoms with van der Waals surface area (Å²) >= 11 is 0. The fraction of sp³-hybridized carbons (Fsp3) is 0.526. The van der Waals surface area contributed by atoms with Crippen molar-refractivity contribution >= 4 is 27.7 Å². The van der Waals surface area contributed by atoms with Crippen LogP contribution in [0.1, 0.15) is 39.2 Å². The first kappa shape index (κ1) is 20.3. The van der Waals surface area contributed by atoms with Gasteiger partial charge in [0.15, 0.2) is 11.9 Å². The lowest BCUT2D eigenvalue weighted by Gasteiger charge is -2.26. The first-order chi connectivity index (χ1) is 13.2. The number of rotatable bonds is 5. The third-order valence-electron chi connectivity index (χ3n) is 4.76. The van der Waals surface area contributed by atoms with Gasteiger partial charge in [0.05, 0.1) is 0 Å². The van der Waals surface area contributed by atoms with E-state index in [9.17, 15) is 18.0 Å². The second kappa shape index (κ2) is 7.90. The predicted octanol–water partition coefficient (Wildman–Crippen LogP) is 1.30. The average molecular weight is 407 g/mol. The number of amidine groups is 1. The minimum atomic E-state index is -3.76. The third kappa shape index (κ3) is 4.04. The summed E-state index contributed by atoms with van der Waals surface area (Å²) in [5.41, 5.74) is 0.491. The Morgan fingerprint density at radius 3 is 2.71 bits per heavy atom. The Balaban J connectivity index is 1.73. The highest BCUT2D eigenvalue weighted by Crippen LogP contribution is 2.31. The highest BCUT2D eigenvalue weighted by molar-refractivity contribution is 7.90. The molecule has 1 aromatic rings. The van der Waals surface area contributed by atoms with Gasteiger partial charge in [-0.05, 0) is 37.8 Å². The monoisotopic (exact) mass is 407 g/mol. The highest BCUT2D eigenvalue weighted by Gasteiger charge is 2.40. The van der Waals surface area contributed by atoms with E-state index in [0.29, 0.717) is 37.4 Å². The lowest BCUT2D eigenvalue weighted by Crippen LogP contribution is -2.44. The van der Waals surface area contributed by atoms with Gasteiger partial charge < -0.3 is 15.0 Å². The van der Waals surface area contributed by atoms with Gasteiger partial charge in [-0.15, -0.1) is 4.40 Å². The molecule has 0 spiro atoms. The summed E-state index contributed by atoms with van der Waals surface area (Å²) in [6.07, 6.45) is 0.297. The van der Waals surface area contributed by atoms with Crippen LogP contribution in [0.2, 0.25) is 0 Å². The van der Waals surface area contributed by atoms with E-state index >= 15 is 0 Å². The van der Waals surface area contributed by atoms with Gasteiger partial charge in [0.25, 0.3) is 15.9 Å². The quantitative estimate of drug-likeness (QED) is 0.738. The molecule has 0 saturated carbocycles. The van der Waals surface area contributed by atoms with Gasteiger partial charge in [-0.25, -0.2) is 4.79 Å². The van der Waals surface area contributed by atoms with E-state index in [1.807, 2.05) is 13.8 Å². The summed E-state index contributed by atoms with van der Waals surface area (Å²) < 4.78 is 33.9. The first-order valence-electron chi connectivity index (χ1n) is 9.40. The molecule has 2 aliphatic heterocycles. The van der Waals surface area contributed by atoms with Crippen LogP contribution in [-0.4, -0.2) is 56.3 Å². The Hall–Kier alpha value is -2.42. The maximum absolute atomic E-state index is 12.7. The summed E-state index contributed by atoms with van der Waals surface area (Å²) in [5.74, 6) is -0.335. The summed E-state index contributed by atoms with van der Waals surface area (Å²) in [4.78, 5) is 26.6. The molecule has 0 unspecified atom stereocenters. The number of fused-ring (bicyclic) bond motifs is 1. The molecule has 0 bridgehead atoms. The summed E-state index contributed by atoms with van der Waals surface area (Å²) in [6, 6.07) is 5.90. The van der Waals surface area contributed by atoms with Crippen molar-refractivity contribution in [3.05, 3.63) is 29.8 Å². The van der Waals surface area contributed by atoms with Crippen LogP contribution >= 0.6 is 0 Å². The molecule has 0 aliphatic carbocycles. The fourth-order valence-corrected chi connectivity index (χ4v) is 4.53. The van der Waals surface area contributed by atoms with E-state index in [-0.39, 0.29) is 16.6 Å². The topological polar surface area (TPSA) is 105 Å². The molecular formula is C19H25N3O5S. The van der Waals surface area contributed by atoms with Crippen molar-refractivity contribution < 1.29 is 22.7 Å². The molecular weight excluding hydrogens is 382 g/mol. The fourth-order valence-electron chi connectivity index (χ4n) is 3.32. The van der Waals surface area contributed by atoms with Crippen LogP contribution in [0.3, 0.4) is 0 Å². The molecule has 1 fully saturated rings. The number of hydrogen-bond acceptors (Lipinski definition) is 6. The lowest BCUT2D eigenvalue weighted by atomic mass is 10.1. The van der Waals surface area contributed by atoms with Gasteiger partial charge in [-0.1, -0.05) is 26.0 Å². The van der Waals surface area contributed by atoms with Crippen molar-refractivity contribution in [1.29, 1.82) is 0 Å². The van der Waals surface area contributed by atoms with Crippen molar-refractivity contribution in [2.75, 3.05) is 13.1 Å². The van der Waals surface area contributed by atoms with E-state index in [4.69, 9.17) is 4.74 Å². The van der Waals surface area contributed by atoms with Crippen LogP contribution in [0, 0.1) is 5.92 Å². The van der Waals surface area contributed by atoms with Crippen molar-refractivity contribution in [3.8, 4) is 0 Å². The molecule has 0 radical (unpaired) electrons. The van der Waals surface area contributed by atoms with E-state index in [1.165, 1.54) is 13.0 Å². The number of nitrogens with one attached hydrogen (secondary N) is 1. The van der Waals surface area contributed by atoms with E-state index < -0.39 is 28.1 Å². The number of amides is 1. The number of carbonyl (C=O) groups excluding carboxylic acids is 2. The van der Waals surface area contributed by atoms with E-state index in [0.717, 1.165) is 0 Å². The molecule has 2 atom stereocenters. The Morgan fingerprint density at radius 1 is 1.29 bits per heavy atom. The number of carbonyl (C=O) groups is 2. The maximum atomic E-state index is 12.7. The zero-order chi connectivity index (χ0) is 20.5. The molecule has 0 aromatic heterocycles. The zero-order valence-electron chi connectivity index (χ0n) is 16.2. The Kier molecular flexibility index (Phi) is 5.74. The molecule has 3 rings (SSSR count). The standard InChI is InChI=1S/C19H25N3O5S/c1-12(2)11-20-18(23)13(3)27-19(24)15-8-6-10-22(15)17-14-7-4-5-9-16(14)28(25,26)21-17/h4-5,7,9,12-13,15H,6,8,10-11H2,1-3H3,(H,20,23)/t13-,15-/m0/s1. The SMILES string of the molecule is CC(C)CNC(=O)[C@H](C)OC(=O)[C@@H]1CCCN1C1=NS(=O)(=O)c2ccccc21. The minimum Gasteiger partial charge on any atom is -0.451 e. The molecule has 2 heterocycles. The highest BCUT2D eigenvalue weighted by atomic mass is 32.2. The van der Waals surface area contributed by atoms with E-state index in [1.54, 1.807) is 23.1 Å². The van der Waals surface area contributed by atoms with Gasteiger partial charge in [0.1, 0.15) is 10.9 Å². The maximum Gasteiger partial charge on any atom is 0.329 e. The van der Waals surface area contributed by atoms with Gasteiger partial charge in [-0.3, -0.25) is 4.79 Å². The van der Waals surface area contributed by atoms with E-state index in [2.05, 4.69) is 9.71 Å².